The van der Waals surface area contributed by atoms with E-state index in [0.29, 0.717) is 23.9 Å². The van der Waals surface area contributed by atoms with Gasteiger partial charge in [-0.1, -0.05) is 31.2 Å². The van der Waals surface area contributed by atoms with Gasteiger partial charge in [0.2, 0.25) is 0 Å². The van der Waals surface area contributed by atoms with Gasteiger partial charge in [-0.15, -0.1) is 0 Å². The van der Waals surface area contributed by atoms with Gasteiger partial charge in [-0.25, -0.2) is 14.4 Å². The lowest BCUT2D eigenvalue weighted by molar-refractivity contribution is 0.627. The van der Waals surface area contributed by atoms with Crippen LogP contribution >= 0.6 is 0 Å². The van der Waals surface area contributed by atoms with Gasteiger partial charge in [0.15, 0.2) is 11.6 Å². The van der Waals surface area contributed by atoms with Crippen LogP contribution in [0.2, 0.25) is 0 Å². The largest absolute Gasteiger partial charge is 0.393 e. The van der Waals surface area contributed by atoms with Crippen molar-refractivity contribution in [3.63, 3.8) is 0 Å². The Morgan fingerprint density at radius 2 is 1.56 bits per heavy atom. The summed E-state index contributed by atoms with van der Waals surface area (Å²) in [6, 6.07) is 14.4. The van der Waals surface area contributed by atoms with Crippen LogP contribution in [0, 0.1) is 5.82 Å². The topological polar surface area (TPSA) is 75.9 Å². The molecule has 1 aromatic heterocycles. The van der Waals surface area contributed by atoms with E-state index in [1.807, 2.05) is 12.1 Å². The van der Waals surface area contributed by atoms with E-state index < -0.39 is 0 Å². The van der Waals surface area contributed by atoms with Crippen LogP contribution in [0.3, 0.4) is 0 Å². The number of anilines is 4. The number of hydrogen-bond donors (Lipinski definition) is 3. The maximum atomic E-state index is 13.0. The molecule has 3 aromatic rings. The zero-order chi connectivity index (χ0) is 17.6. The summed E-state index contributed by atoms with van der Waals surface area (Å²) < 4.78 is 13.0. The number of nitrogens with one attached hydrogen (secondary N) is 2. The van der Waals surface area contributed by atoms with Gasteiger partial charge in [0, 0.05) is 12.2 Å². The molecule has 3 rings (SSSR count). The molecule has 4 N–H and O–H groups in total. The molecule has 6 heteroatoms. The molecule has 0 spiro atoms. The van der Waals surface area contributed by atoms with Crippen LogP contribution in [0.4, 0.5) is 27.4 Å². The fourth-order valence-corrected chi connectivity index (χ4v) is 2.38. The molecule has 0 aliphatic carbocycles. The highest BCUT2D eigenvalue weighted by atomic mass is 19.1. The molecule has 0 saturated carbocycles. The van der Waals surface area contributed by atoms with Crippen LogP contribution in [0.1, 0.15) is 18.1 Å². The predicted octanol–water partition coefficient (Wildman–Crippen LogP) is 4.12. The summed E-state index contributed by atoms with van der Waals surface area (Å²) in [6.07, 6.45) is 2.44. The Labute approximate surface area is 146 Å². The van der Waals surface area contributed by atoms with E-state index >= 15 is 0 Å². The van der Waals surface area contributed by atoms with Crippen molar-refractivity contribution in [1.82, 2.24) is 9.97 Å². The third kappa shape index (κ3) is 4.23. The van der Waals surface area contributed by atoms with Crippen molar-refractivity contribution in [2.45, 2.75) is 19.9 Å². The van der Waals surface area contributed by atoms with Crippen molar-refractivity contribution in [2.24, 2.45) is 0 Å². The van der Waals surface area contributed by atoms with Gasteiger partial charge >= 0.3 is 0 Å². The zero-order valence-corrected chi connectivity index (χ0v) is 14.0. The minimum Gasteiger partial charge on any atom is -0.393 e. The van der Waals surface area contributed by atoms with E-state index in [2.05, 4.69) is 39.7 Å². The van der Waals surface area contributed by atoms with Gasteiger partial charge in [-0.3, -0.25) is 0 Å². The molecular weight excluding hydrogens is 317 g/mol. The first-order valence-electron chi connectivity index (χ1n) is 8.10. The van der Waals surface area contributed by atoms with Crippen molar-refractivity contribution in [3.8, 4) is 0 Å². The lowest BCUT2D eigenvalue weighted by Crippen LogP contribution is -2.08. The normalized spacial score (nSPS) is 10.5. The smallest absolute Gasteiger partial charge is 0.159 e. The molecule has 0 aliphatic heterocycles. The second-order valence-corrected chi connectivity index (χ2v) is 5.64. The van der Waals surface area contributed by atoms with Crippen LogP contribution in [-0.4, -0.2) is 9.97 Å². The third-order valence-electron chi connectivity index (χ3n) is 3.88. The molecule has 128 valence electrons. The summed E-state index contributed by atoms with van der Waals surface area (Å²) in [5.74, 6) is 0.818. The standard InChI is InChI=1S/C19H20FN5/c1-2-13-5-9-16(10-6-13)25-19-17(21)18(23-12-24-19)22-11-14-3-7-15(20)8-4-14/h3-10,12H,2,11,21H2,1H3,(H2,22,23,24,25). The molecule has 25 heavy (non-hydrogen) atoms. The Hall–Kier alpha value is -3.15. The second kappa shape index (κ2) is 7.61. The number of rotatable bonds is 6. The highest BCUT2D eigenvalue weighted by molar-refractivity contribution is 5.77. The Morgan fingerprint density at radius 3 is 2.24 bits per heavy atom. The summed E-state index contributed by atoms with van der Waals surface area (Å²) in [4.78, 5) is 8.39. The van der Waals surface area contributed by atoms with Gasteiger partial charge in [0.25, 0.3) is 0 Å². The van der Waals surface area contributed by atoms with Gasteiger partial charge in [-0.2, -0.15) is 0 Å². The Kier molecular flexibility index (Phi) is 5.09. The molecule has 0 unspecified atom stereocenters. The molecule has 0 atom stereocenters. The first-order valence-corrected chi connectivity index (χ1v) is 8.10. The van der Waals surface area contributed by atoms with E-state index in [0.717, 1.165) is 17.7 Å². The molecule has 2 aromatic carbocycles. The first-order chi connectivity index (χ1) is 12.2. The molecular formula is C19H20FN5. The SMILES string of the molecule is CCc1ccc(Nc2ncnc(NCc3ccc(F)cc3)c2N)cc1. The minimum atomic E-state index is -0.258. The van der Waals surface area contributed by atoms with Crippen molar-refractivity contribution >= 4 is 23.0 Å². The van der Waals surface area contributed by atoms with Crippen molar-refractivity contribution < 1.29 is 4.39 Å². The third-order valence-corrected chi connectivity index (χ3v) is 3.88. The fourth-order valence-electron chi connectivity index (χ4n) is 2.38. The fraction of sp³-hybridized carbons (Fsp3) is 0.158. The Morgan fingerprint density at radius 1 is 0.920 bits per heavy atom. The Balaban J connectivity index is 1.71. The highest BCUT2D eigenvalue weighted by Crippen LogP contribution is 2.26. The van der Waals surface area contributed by atoms with Gasteiger partial charge in [-0.05, 0) is 41.8 Å². The number of halogens is 1. The van der Waals surface area contributed by atoms with E-state index in [1.165, 1.54) is 24.0 Å². The average molecular weight is 337 g/mol. The first kappa shape index (κ1) is 16.7. The van der Waals surface area contributed by atoms with Crippen LogP contribution in [-0.2, 0) is 13.0 Å². The minimum absolute atomic E-state index is 0.258. The molecule has 0 aliphatic rings. The molecule has 0 amide bonds. The van der Waals surface area contributed by atoms with Crippen LogP contribution in [0.5, 0.6) is 0 Å². The molecule has 5 nitrogen and oxygen atoms in total. The molecule has 0 saturated heterocycles. The average Bonchev–Trinajstić information content (AvgIpc) is 2.64. The quantitative estimate of drug-likeness (QED) is 0.631. The van der Waals surface area contributed by atoms with Crippen molar-refractivity contribution in [2.75, 3.05) is 16.4 Å². The van der Waals surface area contributed by atoms with Gasteiger partial charge < -0.3 is 16.4 Å². The number of aromatic nitrogens is 2. The number of nitrogens with two attached hydrogens (primary N) is 1. The van der Waals surface area contributed by atoms with Gasteiger partial charge in [0.05, 0.1) is 0 Å². The van der Waals surface area contributed by atoms with E-state index in [-0.39, 0.29) is 5.82 Å². The summed E-state index contributed by atoms with van der Waals surface area (Å²) in [6.45, 7) is 2.61. The molecule has 0 fully saturated rings. The maximum absolute atomic E-state index is 13.0. The molecule has 0 radical (unpaired) electrons. The van der Waals surface area contributed by atoms with Crippen molar-refractivity contribution in [3.05, 3.63) is 71.8 Å². The van der Waals surface area contributed by atoms with Crippen molar-refractivity contribution in [1.29, 1.82) is 0 Å². The van der Waals surface area contributed by atoms with Crippen LogP contribution < -0.4 is 16.4 Å². The maximum Gasteiger partial charge on any atom is 0.159 e. The molecule has 1 heterocycles. The lowest BCUT2D eigenvalue weighted by Gasteiger charge is -2.13. The summed E-state index contributed by atoms with van der Waals surface area (Å²) in [5, 5.41) is 6.36. The number of nitrogen functional groups attached to an aromatic ring is 1. The summed E-state index contributed by atoms with van der Waals surface area (Å²) >= 11 is 0. The monoisotopic (exact) mass is 337 g/mol. The highest BCUT2D eigenvalue weighted by Gasteiger charge is 2.08. The van der Waals surface area contributed by atoms with Crippen LogP contribution in [0.15, 0.2) is 54.9 Å². The van der Waals surface area contributed by atoms with E-state index in [1.54, 1.807) is 12.1 Å². The van der Waals surface area contributed by atoms with E-state index in [4.69, 9.17) is 5.73 Å². The number of benzene rings is 2. The molecule has 0 bridgehead atoms. The summed E-state index contributed by atoms with van der Waals surface area (Å²) in [5.41, 5.74) is 9.71. The number of hydrogen-bond acceptors (Lipinski definition) is 5. The van der Waals surface area contributed by atoms with E-state index in [9.17, 15) is 4.39 Å². The second-order valence-electron chi connectivity index (χ2n) is 5.64. The lowest BCUT2D eigenvalue weighted by atomic mass is 10.1. The Bertz CT molecular complexity index is 831. The predicted molar refractivity (Wildman–Crippen MR) is 99.3 cm³/mol. The number of aryl methyl sites for hydroxylation is 1. The van der Waals surface area contributed by atoms with Crippen LogP contribution in [0.25, 0.3) is 0 Å². The zero-order valence-electron chi connectivity index (χ0n) is 14.0. The number of nitrogens with zero attached hydrogens (tertiary/aromatic N) is 2. The summed E-state index contributed by atoms with van der Waals surface area (Å²) in [7, 11) is 0. The van der Waals surface area contributed by atoms with Gasteiger partial charge in [0.1, 0.15) is 17.8 Å².